The van der Waals surface area contributed by atoms with Crippen LogP contribution in [0.4, 0.5) is 10.2 Å². The second-order valence-corrected chi connectivity index (χ2v) is 9.69. The van der Waals surface area contributed by atoms with Crippen LogP contribution in [-0.2, 0) is 28.7 Å². The second kappa shape index (κ2) is 15.9. The number of hydrogen-bond acceptors (Lipinski definition) is 10. The first kappa shape index (κ1) is 32.6. The maximum Gasteiger partial charge on any atom is 0.351 e. The Morgan fingerprint density at radius 3 is 2.58 bits per heavy atom. The lowest BCUT2D eigenvalue weighted by atomic mass is 10.1. The van der Waals surface area contributed by atoms with Crippen molar-refractivity contribution in [2.45, 2.75) is 102 Å². The zero-order chi connectivity index (χ0) is 29.8. The molecule has 3 amide bonds. The number of nitrogens with zero attached hydrogens (tertiary/aromatic N) is 2. The number of nitrogens with two attached hydrogens (primary N) is 2. The van der Waals surface area contributed by atoms with Crippen LogP contribution >= 0.6 is 0 Å². The fraction of sp³-hybridized carbons (Fsp3) is 0.680. The number of hydrogen-bond donors (Lipinski definition) is 5. The van der Waals surface area contributed by atoms with Gasteiger partial charge in [0.2, 0.25) is 17.7 Å². The minimum atomic E-state index is -1.49. The highest BCUT2D eigenvalue weighted by atomic mass is 19.1. The number of anilines is 1. The molecule has 0 bridgehead atoms. The molecule has 0 radical (unpaired) electrons. The van der Waals surface area contributed by atoms with E-state index in [9.17, 15) is 33.5 Å². The first-order valence-electron chi connectivity index (χ1n) is 13.4. The zero-order valence-electron chi connectivity index (χ0n) is 22.8. The lowest BCUT2D eigenvalue weighted by molar-refractivity contribution is -0.155. The highest BCUT2D eigenvalue weighted by Crippen LogP contribution is 2.30. The van der Waals surface area contributed by atoms with Crippen LogP contribution in [-0.4, -0.2) is 69.2 Å². The Balaban J connectivity index is 1.80. The Morgan fingerprint density at radius 1 is 1.20 bits per heavy atom. The van der Waals surface area contributed by atoms with E-state index in [0.717, 1.165) is 36.4 Å². The molecule has 224 valence electrons. The summed E-state index contributed by atoms with van der Waals surface area (Å²) in [5, 5.41) is 15.7. The zero-order valence-corrected chi connectivity index (χ0v) is 22.8. The van der Waals surface area contributed by atoms with E-state index in [-0.39, 0.29) is 38.1 Å². The smallest absolute Gasteiger partial charge is 0.351 e. The van der Waals surface area contributed by atoms with Crippen molar-refractivity contribution in [3.63, 3.8) is 0 Å². The normalized spacial score (nSPS) is 21.0. The molecule has 1 fully saturated rings. The van der Waals surface area contributed by atoms with Gasteiger partial charge in [-0.15, -0.1) is 0 Å². The van der Waals surface area contributed by atoms with Gasteiger partial charge < -0.3 is 36.7 Å². The predicted molar refractivity (Wildman–Crippen MR) is 140 cm³/mol. The largest absolute Gasteiger partial charge is 0.457 e. The molecule has 0 aliphatic carbocycles. The van der Waals surface area contributed by atoms with E-state index in [0.29, 0.717) is 6.42 Å². The molecule has 1 aromatic rings. The first-order valence-corrected chi connectivity index (χ1v) is 13.4. The lowest BCUT2D eigenvalue weighted by Crippen LogP contribution is -2.48. The number of nitrogen functional groups attached to an aromatic ring is 1. The number of ether oxygens (including phenoxy) is 2. The molecule has 1 aliphatic heterocycles. The van der Waals surface area contributed by atoms with Gasteiger partial charge in [-0.1, -0.05) is 32.6 Å². The van der Waals surface area contributed by atoms with E-state index >= 15 is 0 Å². The van der Waals surface area contributed by atoms with Gasteiger partial charge in [0.05, 0.1) is 18.7 Å². The summed E-state index contributed by atoms with van der Waals surface area (Å²) < 4.78 is 25.3. The SMILES string of the molecule is CCCCCCCC(=O)N[C@H](CC(N)=O)C(=O)NCCCC(=O)O[C@H]1[C@@H](O)[C@H](n2cc(F)c(N)nc2=O)O[C@@H]1C. The Morgan fingerprint density at radius 2 is 1.90 bits per heavy atom. The summed E-state index contributed by atoms with van der Waals surface area (Å²) in [6.07, 6.45) is 0.512. The Hall–Kier alpha value is -3.59. The summed E-state index contributed by atoms with van der Waals surface area (Å²) in [4.78, 5) is 63.8. The van der Waals surface area contributed by atoms with Gasteiger partial charge in [-0.05, 0) is 19.8 Å². The first-order chi connectivity index (χ1) is 18.9. The van der Waals surface area contributed by atoms with Crippen LogP contribution in [0.1, 0.15) is 77.9 Å². The number of primary amides is 1. The van der Waals surface area contributed by atoms with Crippen LogP contribution in [0.15, 0.2) is 11.0 Å². The summed E-state index contributed by atoms with van der Waals surface area (Å²) in [6, 6.07) is -1.13. The van der Waals surface area contributed by atoms with Crippen molar-refractivity contribution in [1.82, 2.24) is 20.2 Å². The molecule has 0 unspecified atom stereocenters. The highest BCUT2D eigenvalue weighted by Gasteiger charge is 2.45. The van der Waals surface area contributed by atoms with Gasteiger partial charge >= 0.3 is 11.7 Å². The number of carbonyl (C=O) groups is 4. The van der Waals surface area contributed by atoms with Crippen LogP contribution in [0.5, 0.6) is 0 Å². The van der Waals surface area contributed by atoms with Gasteiger partial charge in [0, 0.05) is 19.4 Å². The monoisotopic (exact) mass is 570 g/mol. The quantitative estimate of drug-likeness (QED) is 0.130. The fourth-order valence-electron chi connectivity index (χ4n) is 4.20. The third-order valence-corrected chi connectivity index (χ3v) is 6.34. The molecule has 5 atom stereocenters. The molecule has 15 heteroatoms. The fourth-order valence-corrected chi connectivity index (χ4v) is 4.20. The number of carbonyl (C=O) groups excluding carboxylic acids is 4. The minimum Gasteiger partial charge on any atom is -0.457 e. The number of amides is 3. The molecule has 0 spiro atoms. The summed E-state index contributed by atoms with van der Waals surface area (Å²) >= 11 is 0. The van der Waals surface area contributed by atoms with Crippen molar-refractivity contribution >= 4 is 29.5 Å². The van der Waals surface area contributed by atoms with Gasteiger partial charge in [0.15, 0.2) is 24.0 Å². The molecule has 1 aliphatic rings. The van der Waals surface area contributed by atoms with Crippen molar-refractivity contribution in [2.75, 3.05) is 12.3 Å². The molecule has 1 saturated heterocycles. The van der Waals surface area contributed by atoms with E-state index in [2.05, 4.69) is 22.5 Å². The third-order valence-electron chi connectivity index (χ3n) is 6.34. The van der Waals surface area contributed by atoms with E-state index in [1.165, 1.54) is 6.92 Å². The number of rotatable bonds is 16. The van der Waals surface area contributed by atoms with E-state index in [4.69, 9.17) is 20.9 Å². The number of aliphatic hydroxyl groups is 1. The average molecular weight is 571 g/mol. The van der Waals surface area contributed by atoms with Crippen LogP contribution in [0.3, 0.4) is 0 Å². The van der Waals surface area contributed by atoms with Crippen molar-refractivity contribution in [1.29, 1.82) is 0 Å². The van der Waals surface area contributed by atoms with Crippen molar-refractivity contribution in [3.05, 3.63) is 22.5 Å². The van der Waals surface area contributed by atoms with Crippen LogP contribution in [0.25, 0.3) is 0 Å². The molecule has 7 N–H and O–H groups in total. The molecular formula is C25H39FN6O8. The summed E-state index contributed by atoms with van der Waals surface area (Å²) in [5.41, 5.74) is 9.54. The minimum absolute atomic E-state index is 0.0315. The van der Waals surface area contributed by atoms with Crippen molar-refractivity contribution < 1.29 is 38.1 Å². The van der Waals surface area contributed by atoms with E-state index in [1.54, 1.807) is 0 Å². The second-order valence-electron chi connectivity index (χ2n) is 9.69. The maximum absolute atomic E-state index is 13.8. The number of nitrogens with one attached hydrogen (secondary N) is 2. The molecule has 1 aromatic heterocycles. The molecule has 40 heavy (non-hydrogen) atoms. The average Bonchev–Trinajstić information content (AvgIpc) is 3.15. The van der Waals surface area contributed by atoms with Gasteiger partial charge in [-0.25, -0.2) is 9.18 Å². The number of aliphatic hydroxyl groups excluding tert-OH is 1. The summed E-state index contributed by atoms with van der Waals surface area (Å²) in [6.45, 7) is 3.62. The van der Waals surface area contributed by atoms with Gasteiger partial charge in [-0.2, -0.15) is 4.98 Å². The predicted octanol–water partition coefficient (Wildman–Crippen LogP) is -0.228. The number of halogens is 1. The Kier molecular flexibility index (Phi) is 12.9. The van der Waals surface area contributed by atoms with E-state index in [1.807, 2.05) is 0 Å². The van der Waals surface area contributed by atoms with Crippen molar-refractivity contribution in [2.24, 2.45) is 5.73 Å². The van der Waals surface area contributed by atoms with Crippen LogP contribution < -0.4 is 27.8 Å². The molecular weight excluding hydrogens is 531 g/mol. The van der Waals surface area contributed by atoms with Gasteiger partial charge in [-0.3, -0.25) is 23.7 Å². The molecule has 2 heterocycles. The van der Waals surface area contributed by atoms with Gasteiger partial charge in [0.1, 0.15) is 12.1 Å². The molecule has 2 rings (SSSR count). The topological polar surface area (TPSA) is 218 Å². The van der Waals surface area contributed by atoms with Crippen LogP contribution in [0.2, 0.25) is 0 Å². The Bertz CT molecular complexity index is 1100. The van der Waals surface area contributed by atoms with E-state index < -0.39 is 65.7 Å². The maximum atomic E-state index is 13.8. The highest BCUT2D eigenvalue weighted by molar-refractivity contribution is 5.91. The molecule has 0 aromatic carbocycles. The molecule has 0 saturated carbocycles. The van der Waals surface area contributed by atoms with Crippen LogP contribution in [0, 0.1) is 5.82 Å². The third kappa shape index (κ3) is 9.86. The summed E-state index contributed by atoms with van der Waals surface area (Å²) in [5.74, 6) is -4.02. The van der Waals surface area contributed by atoms with Gasteiger partial charge in [0.25, 0.3) is 0 Å². The lowest BCUT2D eigenvalue weighted by Gasteiger charge is -2.20. The standard InChI is InChI=1S/C25H39FN6O8/c1-3-4-5-6-7-9-18(34)30-16(12-17(27)33)23(37)29-11-8-10-19(35)40-21-14(2)39-24(20(21)36)32-13-15(26)22(28)31-25(32)38/h13-14,16,20-21,24,36H,3-12H2,1-2H3,(H2,27,33)(H,29,37)(H,30,34)(H2,28,31,38)/t14-,16-,20-,21-,24-/m1/s1. The Labute approximate surface area is 231 Å². The number of esters is 1. The van der Waals surface area contributed by atoms with Crippen molar-refractivity contribution in [3.8, 4) is 0 Å². The molecule has 14 nitrogen and oxygen atoms in total. The summed E-state index contributed by atoms with van der Waals surface area (Å²) in [7, 11) is 0. The number of unbranched alkanes of at least 4 members (excludes halogenated alkanes) is 4. The number of aromatic nitrogens is 2.